The van der Waals surface area contributed by atoms with Crippen LogP contribution < -0.4 is 5.32 Å². The number of carbonyl (C=O) groups excluding carboxylic acids is 1. The Bertz CT molecular complexity index is 618. The van der Waals surface area contributed by atoms with E-state index in [2.05, 4.69) is 22.2 Å². The number of hydrogen-bond acceptors (Lipinski definition) is 4. The van der Waals surface area contributed by atoms with Gasteiger partial charge in [-0.1, -0.05) is 13.0 Å². The molecular formula is C17H21N3OS. The third-order valence-corrected chi connectivity index (χ3v) is 5.07. The Labute approximate surface area is 135 Å². The fourth-order valence-corrected chi connectivity index (χ4v) is 3.64. The van der Waals surface area contributed by atoms with E-state index >= 15 is 0 Å². The van der Waals surface area contributed by atoms with Gasteiger partial charge in [-0.3, -0.25) is 9.78 Å². The van der Waals surface area contributed by atoms with Crippen LogP contribution in [-0.2, 0) is 11.2 Å². The van der Waals surface area contributed by atoms with E-state index in [1.807, 2.05) is 23.6 Å². The summed E-state index contributed by atoms with van der Waals surface area (Å²) < 4.78 is 0. The van der Waals surface area contributed by atoms with Gasteiger partial charge >= 0.3 is 0 Å². The van der Waals surface area contributed by atoms with Crippen LogP contribution in [0.4, 0.5) is 0 Å². The van der Waals surface area contributed by atoms with Crippen LogP contribution in [0.3, 0.4) is 0 Å². The number of aromatic nitrogens is 2. The van der Waals surface area contributed by atoms with Crippen molar-refractivity contribution in [3.8, 4) is 10.7 Å². The first-order valence-corrected chi connectivity index (χ1v) is 8.74. The number of pyridine rings is 1. The van der Waals surface area contributed by atoms with Crippen molar-refractivity contribution in [2.24, 2.45) is 5.92 Å². The number of thiazole rings is 1. The van der Waals surface area contributed by atoms with Crippen LogP contribution in [-0.4, -0.2) is 21.9 Å². The summed E-state index contributed by atoms with van der Waals surface area (Å²) in [7, 11) is 0. The van der Waals surface area contributed by atoms with Crippen molar-refractivity contribution >= 4 is 17.2 Å². The van der Waals surface area contributed by atoms with E-state index in [1.54, 1.807) is 6.20 Å². The van der Waals surface area contributed by atoms with Gasteiger partial charge in [0.1, 0.15) is 5.01 Å². The molecule has 1 aliphatic carbocycles. The maximum absolute atomic E-state index is 12.1. The third-order valence-electron chi connectivity index (χ3n) is 4.16. The van der Waals surface area contributed by atoms with Crippen molar-refractivity contribution in [3.63, 3.8) is 0 Å². The average molecular weight is 315 g/mol. The predicted octanol–water partition coefficient (Wildman–Crippen LogP) is 3.44. The highest BCUT2D eigenvalue weighted by molar-refractivity contribution is 7.13. The molecule has 0 spiro atoms. The molecule has 0 aromatic carbocycles. The molecule has 2 aromatic rings. The van der Waals surface area contributed by atoms with Crippen molar-refractivity contribution in [1.29, 1.82) is 0 Å². The molecule has 0 bridgehead atoms. The summed E-state index contributed by atoms with van der Waals surface area (Å²) >= 11 is 1.54. The Morgan fingerprint density at radius 2 is 2.14 bits per heavy atom. The van der Waals surface area contributed by atoms with Crippen LogP contribution >= 0.6 is 11.3 Å². The lowest BCUT2D eigenvalue weighted by atomic mass is 9.87. The minimum atomic E-state index is 0.0809. The van der Waals surface area contributed by atoms with E-state index in [0.717, 1.165) is 35.2 Å². The smallest absolute Gasteiger partial charge is 0.226 e. The Hall–Kier alpha value is -1.75. The van der Waals surface area contributed by atoms with E-state index in [4.69, 9.17) is 0 Å². The summed E-state index contributed by atoms with van der Waals surface area (Å²) in [6.07, 6.45) is 6.74. The number of carbonyl (C=O) groups is 1. The largest absolute Gasteiger partial charge is 0.353 e. The van der Waals surface area contributed by atoms with E-state index in [-0.39, 0.29) is 5.91 Å². The normalized spacial score (nSPS) is 21.5. The summed E-state index contributed by atoms with van der Waals surface area (Å²) in [5.74, 6) is 0.880. The minimum absolute atomic E-state index is 0.0809. The first kappa shape index (κ1) is 15.2. The molecule has 2 aromatic heterocycles. The molecule has 4 nitrogen and oxygen atoms in total. The van der Waals surface area contributed by atoms with Gasteiger partial charge in [0.25, 0.3) is 0 Å². The van der Waals surface area contributed by atoms with E-state index in [1.165, 1.54) is 24.2 Å². The van der Waals surface area contributed by atoms with Gasteiger partial charge in [0.05, 0.1) is 17.8 Å². The van der Waals surface area contributed by atoms with Crippen molar-refractivity contribution in [1.82, 2.24) is 15.3 Å². The molecule has 0 saturated heterocycles. The Morgan fingerprint density at radius 1 is 1.32 bits per heavy atom. The molecular weight excluding hydrogens is 294 g/mol. The van der Waals surface area contributed by atoms with Crippen molar-refractivity contribution in [2.75, 3.05) is 0 Å². The summed E-state index contributed by atoms with van der Waals surface area (Å²) in [6, 6.07) is 6.11. The van der Waals surface area contributed by atoms with E-state index < -0.39 is 0 Å². The zero-order chi connectivity index (χ0) is 15.4. The SMILES string of the molecule is CC1CCC(NC(=O)Cc2csc(-c3ccccn3)n2)CC1. The second kappa shape index (κ2) is 7.01. The van der Waals surface area contributed by atoms with Gasteiger partial charge in [0.15, 0.2) is 0 Å². The molecule has 1 N–H and O–H groups in total. The van der Waals surface area contributed by atoms with E-state index in [0.29, 0.717) is 12.5 Å². The fourth-order valence-electron chi connectivity index (χ4n) is 2.84. The monoisotopic (exact) mass is 315 g/mol. The molecule has 116 valence electrons. The molecule has 3 rings (SSSR count). The van der Waals surface area contributed by atoms with Gasteiger partial charge in [-0.05, 0) is 43.7 Å². The maximum Gasteiger partial charge on any atom is 0.226 e. The van der Waals surface area contributed by atoms with Gasteiger partial charge in [-0.15, -0.1) is 11.3 Å². The van der Waals surface area contributed by atoms with Gasteiger partial charge in [-0.2, -0.15) is 0 Å². The Kier molecular flexibility index (Phi) is 4.83. The average Bonchev–Trinajstić information content (AvgIpc) is 2.99. The molecule has 1 amide bonds. The summed E-state index contributed by atoms with van der Waals surface area (Å²) in [6.45, 7) is 2.28. The number of amides is 1. The van der Waals surface area contributed by atoms with Crippen molar-refractivity contribution in [2.45, 2.75) is 45.1 Å². The standard InChI is InChI=1S/C17H21N3OS/c1-12-5-7-13(8-6-12)19-16(21)10-14-11-22-17(20-14)15-4-2-3-9-18-15/h2-4,9,11-13H,5-8,10H2,1H3,(H,19,21). The number of rotatable bonds is 4. The molecule has 0 atom stereocenters. The lowest BCUT2D eigenvalue weighted by Gasteiger charge is -2.26. The van der Waals surface area contributed by atoms with E-state index in [9.17, 15) is 4.79 Å². The maximum atomic E-state index is 12.1. The third kappa shape index (κ3) is 3.91. The highest BCUT2D eigenvalue weighted by atomic mass is 32.1. The van der Waals surface area contributed by atoms with Crippen LogP contribution in [0.15, 0.2) is 29.8 Å². The fraction of sp³-hybridized carbons (Fsp3) is 0.471. The number of nitrogens with zero attached hydrogens (tertiary/aromatic N) is 2. The van der Waals surface area contributed by atoms with Gasteiger partial charge in [0, 0.05) is 17.6 Å². The quantitative estimate of drug-likeness (QED) is 0.940. The van der Waals surface area contributed by atoms with Crippen LogP contribution in [0.25, 0.3) is 10.7 Å². The van der Waals surface area contributed by atoms with Crippen molar-refractivity contribution in [3.05, 3.63) is 35.5 Å². The summed E-state index contributed by atoms with van der Waals surface area (Å²) in [5.41, 5.74) is 1.69. The zero-order valence-corrected chi connectivity index (χ0v) is 13.6. The van der Waals surface area contributed by atoms with Gasteiger partial charge in [0.2, 0.25) is 5.91 Å². The highest BCUT2D eigenvalue weighted by Crippen LogP contribution is 2.24. The summed E-state index contributed by atoms with van der Waals surface area (Å²) in [5, 5.41) is 5.97. The van der Waals surface area contributed by atoms with Crippen LogP contribution in [0, 0.1) is 5.92 Å². The molecule has 0 aliphatic heterocycles. The molecule has 2 heterocycles. The zero-order valence-electron chi connectivity index (χ0n) is 12.8. The van der Waals surface area contributed by atoms with Gasteiger partial charge < -0.3 is 5.32 Å². The van der Waals surface area contributed by atoms with Gasteiger partial charge in [-0.25, -0.2) is 4.98 Å². The molecule has 0 unspecified atom stereocenters. The van der Waals surface area contributed by atoms with Crippen molar-refractivity contribution < 1.29 is 4.79 Å². The second-order valence-corrected chi connectivity index (χ2v) is 6.92. The first-order valence-electron chi connectivity index (χ1n) is 7.86. The van der Waals surface area contributed by atoms with Crippen LogP contribution in [0.5, 0.6) is 0 Å². The lowest BCUT2D eigenvalue weighted by molar-refractivity contribution is -0.121. The molecule has 5 heteroatoms. The second-order valence-electron chi connectivity index (χ2n) is 6.06. The Balaban J connectivity index is 1.55. The topological polar surface area (TPSA) is 54.9 Å². The molecule has 0 radical (unpaired) electrons. The molecule has 1 aliphatic rings. The highest BCUT2D eigenvalue weighted by Gasteiger charge is 2.20. The predicted molar refractivity (Wildman–Crippen MR) is 88.6 cm³/mol. The summed E-state index contributed by atoms with van der Waals surface area (Å²) in [4.78, 5) is 21.0. The molecule has 1 saturated carbocycles. The lowest BCUT2D eigenvalue weighted by Crippen LogP contribution is -2.38. The minimum Gasteiger partial charge on any atom is -0.353 e. The number of nitrogens with one attached hydrogen (secondary N) is 1. The molecule has 1 fully saturated rings. The Morgan fingerprint density at radius 3 is 2.86 bits per heavy atom. The van der Waals surface area contributed by atoms with Crippen LogP contribution in [0.2, 0.25) is 0 Å². The van der Waals surface area contributed by atoms with Crippen LogP contribution in [0.1, 0.15) is 38.3 Å². The number of hydrogen-bond donors (Lipinski definition) is 1. The molecule has 22 heavy (non-hydrogen) atoms. The first-order chi connectivity index (χ1) is 10.7.